The van der Waals surface area contributed by atoms with Crippen LogP contribution in [0, 0.1) is 0 Å². The van der Waals surface area contributed by atoms with Crippen molar-refractivity contribution in [2.45, 2.75) is 41.0 Å². The third-order valence-electron chi connectivity index (χ3n) is 6.74. The molecule has 0 spiro atoms. The smallest absolute Gasteiger partial charge is 0.0463 e. The first-order valence-electron chi connectivity index (χ1n) is 12.7. The fourth-order valence-electron chi connectivity index (χ4n) is 4.56. The highest BCUT2D eigenvalue weighted by Gasteiger charge is 2.16. The zero-order valence-corrected chi connectivity index (χ0v) is 21.0. The van der Waals surface area contributed by atoms with Crippen molar-refractivity contribution in [1.82, 2.24) is 0 Å². The van der Waals surface area contributed by atoms with E-state index in [1.807, 2.05) is 0 Å². The second-order valence-corrected chi connectivity index (χ2v) is 9.09. The molecule has 194 valence electrons. The lowest BCUT2D eigenvalue weighted by atomic mass is 9.98. The number of nitrogens with zero attached hydrogens (tertiary/aromatic N) is 2. The van der Waals surface area contributed by atoms with E-state index in [1.165, 1.54) is 5.56 Å². The lowest BCUT2D eigenvalue weighted by Gasteiger charge is -2.28. The number of para-hydroxylation sites is 3. The molecular formula is C36H40N2. The molecule has 0 heterocycles. The molecule has 2 heteroatoms. The standard InChI is InChI=1S/C34H32N2.2CH4/c1-3-27(2)28-19-21-32(22-20-28)36(31-17-11-6-12-18-31)34-25-23-33(24-26-34)35(29-13-7-4-8-14-29)30-15-9-5-10-16-30;;/h4-27H,3H2,1-2H3;2*1H4. The highest BCUT2D eigenvalue weighted by molar-refractivity contribution is 5.81. The van der Waals surface area contributed by atoms with Crippen LogP contribution in [0.1, 0.15) is 46.6 Å². The summed E-state index contributed by atoms with van der Waals surface area (Å²) < 4.78 is 0. The van der Waals surface area contributed by atoms with Crippen molar-refractivity contribution >= 4 is 34.1 Å². The lowest BCUT2D eigenvalue weighted by Crippen LogP contribution is -2.12. The molecule has 5 rings (SSSR count). The molecule has 0 amide bonds. The van der Waals surface area contributed by atoms with Crippen molar-refractivity contribution in [1.29, 1.82) is 0 Å². The number of hydrogen-bond acceptors (Lipinski definition) is 2. The lowest BCUT2D eigenvalue weighted by molar-refractivity contribution is 0.733. The van der Waals surface area contributed by atoms with E-state index in [0.717, 1.165) is 40.5 Å². The van der Waals surface area contributed by atoms with Crippen LogP contribution in [0.4, 0.5) is 34.1 Å². The van der Waals surface area contributed by atoms with Crippen molar-refractivity contribution < 1.29 is 0 Å². The van der Waals surface area contributed by atoms with Gasteiger partial charge in [-0.1, -0.05) is 95.4 Å². The molecule has 5 aromatic carbocycles. The Balaban J connectivity index is 0.00000200. The maximum atomic E-state index is 2.32. The Bertz CT molecular complexity index is 1310. The minimum Gasteiger partial charge on any atom is -0.311 e. The van der Waals surface area contributed by atoms with Crippen molar-refractivity contribution in [3.63, 3.8) is 0 Å². The summed E-state index contributed by atoms with van der Waals surface area (Å²) in [5, 5.41) is 0. The summed E-state index contributed by atoms with van der Waals surface area (Å²) in [6.45, 7) is 4.53. The average Bonchev–Trinajstić information content (AvgIpc) is 2.96. The first kappa shape index (κ1) is 28.3. The molecule has 1 unspecified atom stereocenters. The van der Waals surface area contributed by atoms with Gasteiger partial charge in [-0.25, -0.2) is 0 Å². The van der Waals surface area contributed by atoms with Gasteiger partial charge in [0.2, 0.25) is 0 Å². The van der Waals surface area contributed by atoms with E-state index < -0.39 is 0 Å². The van der Waals surface area contributed by atoms with E-state index in [2.05, 4.69) is 163 Å². The monoisotopic (exact) mass is 500 g/mol. The summed E-state index contributed by atoms with van der Waals surface area (Å²) in [6, 6.07) is 49.5. The van der Waals surface area contributed by atoms with Gasteiger partial charge in [-0.15, -0.1) is 0 Å². The average molecular weight is 501 g/mol. The second kappa shape index (κ2) is 13.3. The molecule has 0 bridgehead atoms. The van der Waals surface area contributed by atoms with Crippen LogP contribution >= 0.6 is 0 Å². The van der Waals surface area contributed by atoms with Crippen LogP contribution in [-0.4, -0.2) is 0 Å². The highest BCUT2D eigenvalue weighted by atomic mass is 15.2. The Hall–Kier alpha value is -4.30. The number of anilines is 6. The maximum Gasteiger partial charge on any atom is 0.0463 e. The molecule has 0 aliphatic carbocycles. The van der Waals surface area contributed by atoms with Crippen LogP contribution in [0.5, 0.6) is 0 Å². The van der Waals surface area contributed by atoms with Gasteiger partial charge < -0.3 is 9.80 Å². The van der Waals surface area contributed by atoms with Crippen molar-refractivity contribution in [2.75, 3.05) is 9.80 Å². The SMILES string of the molecule is C.C.CCC(C)c1ccc(N(c2ccccc2)c2ccc(N(c3ccccc3)c3ccccc3)cc2)cc1. The van der Waals surface area contributed by atoms with Crippen molar-refractivity contribution in [2.24, 2.45) is 0 Å². The summed E-state index contributed by atoms with van der Waals surface area (Å²) in [5.41, 5.74) is 8.20. The Kier molecular flexibility index (Phi) is 9.90. The Morgan fingerprint density at radius 3 is 0.974 bits per heavy atom. The fourth-order valence-corrected chi connectivity index (χ4v) is 4.56. The Morgan fingerprint density at radius 1 is 0.421 bits per heavy atom. The van der Waals surface area contributed by atoms with E-state index in [-0.39, 0.29) is 14.9 Å². The first-order valence-corrected chi connectivity index (χ1v) is 12.7. The van der Waals surface area contributed by atoms with Crippen LogP contribution in [0.15, 0.2) is 140 Å². The van der Waals surface area contributed by atoms with E-state index in [1.54, 1.807) is 0 Å². The predicted molar refractivity (Wildman–Crippen MR) is 168 cm³/mol. The van der Waals surface area contributed by atoms with Crippen LogP contribution in [-0.2, 0) is 0 Å². The third-order valence-corrected chi connectivity index (χ3v) is 6.74. The van der Waals surface area contributed by atoms with E-state index >= 15 is 0 Å². The predicted octanol–water partition coefficient (Wildman–Crippen LogP) is 11.4. The molecule has 2 nitrogen and oxygen atoms in total. The van der Waals surface area contributed by atoms with Gasteiger partial charge >= 0.3 is 0 Å². The summed E-state index contributed by atoms with van der Waals surface area (Å²) in [5.74, 6) is 0.561. The molecule has 0 saturated heterocycles. The van der Waals surface area contributed by atoms with E-state index in [4.69, 9.17) is 0 Å². The van der Waals surface area contributed by atoms with Gasteiger partial charge in [0.15, 0.2) is 0 Å². The van der Waals surface area contributed by atoms with Crippen molar-refractivity contribution in [3.05, 3.63) is 145 Å². The van der Waals surface area contributed by atoms with Crippen LogP contribution in [0.25, 0.3) is 0 Å². The molecule has 0 aliphatic rings. The molecule has 0 aliphatic heterocycles. The van der Waals surface area contributed by atoms with Crippen molar-refractivity contribution in [3.8, 4) is 0 Å². The number of hydrogen-bond donors (Lipinski definition) is 0. The molecule has 38 heavy (non-hydrogen) atoms. The third kappa shape index (κ3) is 6.15. The summed E-state index contributed by atoms with van der Waals surface area (Å²) in [6.07, 6.45) is 1.14. The highest BCUT2D eigenvalue weighted by Crippen LogP contribution is 2.39. The van der Waals surface area contributed by atoms with Gasteiger partial charge in [0.25, 0.3) is 0 Å². The Morgan fingerprint density at radius 2 is 0.684 bits per heavy atom. The van der Waals surface area contributed by atoms with Crippen LogP contribution < -0.4 is 9.80 Å². The largest absolute Gasteiger partial charge is 0.311 e. The molecule has 0 radical (unpaired) electrons. The van der Waals surface area contributed by atoms with Gasteiger partial charge in [-0.2, -0.15) is 0 Å². The molecular weight excluding hydrogens is 460 g/mol. The van der Waals surface area contributed by atoms with Gasteiger partial charge in [-0.05, 0) is 90.7 Å². The number of benzene rings is 5. The second-order valence-electron chi connectivity index (χ2n) is 9.09. The molecule has 0 saturated carbocycles. The molecule has 0 fully saturated rings. The normalized spacial score (nSPS) is 11.0. The maximum absolute atomic E-state index is 2.32. The van der Waals surface area contributed by atoms with Gasteiger partial charge in [0.1, 0.15) is 0 Å². The fraction of sp³-hybridized carbons (Fsp3) is 0.167. The molecule has 1 atom stereocenters. The summed E-state index contributed by atoms with van der Waals surface area (Å²) in [4.78, 5) is 4.61. The zero-order valence-electron chi connectivity index (χ0n) is 21.0. The Labute approximate surface area is 229 Å². The molecule has 5 aromatic rings. The van der Waals surface area contributed by atoms with Crippen LogP contribution in [0.2, 0.25) is 0 Å². The molecule has 0 N–H and O–H groups in total. The minimum absolute atomic E-state index is 0. The van der Waals surface area contributed by atoms with E-state index in [9.17, 15) is 0 Å². The quantitative estimate of drug-likeness (QED) is 0.209. The van der Waals surface area contributed by atoms with Gasteiger partial charge in [0, 0.05) is 34.1 Å². The first-order chi connectivity index (χ1) is 17.7. The summed E-state index contributed by atoms with van der Waals surface area (Å²) in [7, 11) is 0. The van der Waals surface area contributed by atoms with Gasteiger partial charge in [0.05, 0.1) is 0 Å². The summed E-state index contributed by atoms with van der Waals surface area (Å²) >= 11 is 0. The molecule has 0 aromatic heterocycles. The van der Waals surface area contributed by atoms with Gasteiger partial charge in [-0.3, -0.25) is 0 Å². The zero-order chi connectivity index (χ0) is 24.7. The number of rotatable bonds is 8. The van der Waals surface area contributed by atoms with Crippen LogP contribution in [0.3, 0.4) is 0 Å². The topological polar surface area (TPSA) is 6.48 Å². The van der Waals surface area contributed by atoms with E-state index in [0.29, 0.717) is 5.92 Å². The minimum atomic E-state index is 0.